The van der Waals surface area contributed by atoms with E-state index in [0.717, 1.165) is 0 Å². The van der Waals surface area contributed by atoms with Gasteiger partial charge in [0.2, 0.25) is 5.91 Å². The number of anilines is 1. The first-order valence-corrected chi connectivity index (χ1v) is 9.39. The quantitative estimate of drug-likeness (QED) is 0.683. The monoisotopic (exact) mass is 399 g/mol. The fourth-order valence-corrected chi connectivity index (χ4v) is 3.53. The predicted octanol–water partition coefficient (Wildman–Crippen LogP) is 1.99. The lowest BCUT2D eigenvalue weighted by molar-refractivity contribution is -0.147. The fourth-order valence-electron chi connectivity index (χ4n) is 2.67. The number of nitrogens with zero attached hydrogens (tertiary/aromatic N) is 3. The van der Waals surface area contributed by atoms with Gasteiger partial charge in [0.1, 0.15) is 17.3 Å². The molecule has 0 unspecified atom stereocenters. The summed E-state index contributed by atoms with van der Waals surface area (Å²) in [4.78, 5) is 42.2. The Kier molecular flexibility index (Phi) is 6.01. The lowest BCUT2D eigenvalue weighted by Gasteiger charge is -2.20. The molecule has 1 aromatic heterocycles. The zero-order chi connectivity index (χ0) is 20.1. The molecule has 2 heterocycles. The summed E-state index contributed by atoms with van der Waals surface area (Å²) in [6.45, 7) is 1.07. The SMILES string of the molecule is Cc1csc([C@@H](C#N)C(=O)COC(=O)CN2C(=O)CCOc3ccccc32)n1. The zero-order valence-electron chi connectivity index (χ0n) is 15.1. The van der Waals surface area contributed by atoms with Crippen LogP contribution in [0.15, 0.2) is 29.6 Å². The molecule has 1 atom stereocenters. The number of aromatic nitrogens is 1. The molecule has 0 aliphatic carbocycles. The minimum atomic E-state index is -1.08. The van der Waals surface area contributed by atoms with Crippen molar-refractivity contribution in [2.75, 3.05) is 24.7 Å². The van der Waals surface area contributed by atoms with Crippen molar-refractivity contribution < 1.29 is 23.9 Å². The minimum absolute atomic E-state index is 0.126. The van der Waals surface area contributed by atoms with Crippen molar-refractivity contribution in [1.29, 1.82) is 5.26 Å². The van der Waals surface area contributed by atoms with Crippen LogP contribution >= 0.6 is 11.3 Å². The van der Waals surface area contributed by atoms with Crippen LogP contribution in [0.1, 0.15) is 23.0 Å². The molecule has 9 heteroatoms. The number of carbonyl (C=O) groups is 3. The van der Waals surface area contributed by atoms with Crippen molar-refractivity contribution in [3.63, 3.8) is 0 Å². The smallest absolute Gasteiger partial charge is 0.326 e. The number of amides is 1. The van der Waals surface area contributed by atoms with Crippen molar-refractivity contribution >= 4 is 34.7 Å². The van der Waals surface area contributed by atoms with Crippen molar-refractivity contribution in [2.45, 2.75) is 19.3 Å². The average Bonchev–Trinajstić information content (AvgIpc) is 3.04. The van der Waals surface area contributed by atoms with Crippen molar-refractivity contribution in [3.8, 4) is 11.8 Å². The third-order valence-electron chi connectivity index (χ3n) is 4.03. The molecule has 0 radical (unpaired) electrons. The van der Waals surface area contributed by atoms with Gasteiger partial charge in [-0.3, -0.25) is 19.3 Å². The maximum Gasteiger partial charge on any atom is 0.326 e. The van der Waals surface area contributed by atoms with Crippen LogP contribution in [0.5, 0.6) is 5.75 Å². The molecule has 0 saturated carbocycles. The second-order valence-electron chi connectivity index (χ2n) is 6.06. The third-order valence-corrected chi connectivity index (χ3v) is 5.06. The van der Waals surface area contributed by atoms with Crippen LogP contribution in [0.3, 0.4) is 0 Å². The Bertz CT molecular complexity index is 949. The predicted molar refractivity (Wildman–Crippen MR) is 100 cm³/mol. The highest BCUT2D eigenvalue weighted by molar-refractivity contribution is 7.09. The highest BCUT2D eigenvalue weighted by Gasteiger charge is 2.28. The number of carbonyl (C=O) groups excluding carboxylic acids is 3. The Morgan fingerprint density at radius 2 is 2.21 bits per heavy atom. The molecule has 1 aliphatic heterocycles. The van der Waals surface area contributed by atoms with Crippen LogP contribution in [-0.4, -0.2) is 42.4 Å². The standard InChI is InChI=1S/C19H17N3O5S/c1-12-11-28-19(21-12)13(8-20)15(23)10-27-18(25)9-22-14-4-2-3-5-16(14)26-7-6-17(22)24/h2-5,11,13H,6-7,9-10H2,1H3/t13-/m0/s1. The Morgan fingerprint density at radius 1 is 1.43 bits per heavy atom. The lowest BCUT2D eigenvalue weighted by Crippen LogP contribution is -2.36. The molecular formula is C19H17N3O5S. The molecule has 0 fully saturated rings. The number of para-hydroxylation sites is 2. The first kappa shape index (κ1) is 19.5. The van der Waals surface area contributed by atoms with E-state index >= 15 is 0 Å². The number of rotatable bonds is 6. The second kappa shape index (κ2) is 8.63. The number of hydrogen-bond acceptors (Lipinski definition) is 8. The number of nitriles is 1. The van der Waals surface area contributed by atoms with Crippen molar-refractivity contribution in [2.24, 2.45) is 0 Å². The summed E-state index contributed by atoms with van der Waals surface area (Å²) in [6.07, 6.45) is 0.126. The molecule has 0 N–H and O–H groups in total. The third kappa shape index (κ3) is 4.35. The number of fused-ring (bicyclic) bond motifs is 1. The molecule has 3 rings (SSSR count). The van der Waals surface area contributed by atoms with E-state index < -0.39 is 24.3 Å². The Labute approximate surface area is 165 Å². The number of benzene rings is 1. The minimum Gasteiger partial charge on any atom is -0.491 e. The van der Waals surface area contributed by atoms with Gasteiger partial charge in [-0.05, 0) is 19.1 Å². The zero-order valence-corrected chi connectivity index (χ0v) is 15.9. The largest absolute Gasteiger partial charge is 0.491 e. The molecule has 8 nitrogen and oxygen atoms in total. The summed E-state index contributed by atoms with van der Waals surface area (Å²) in [5.41, 5.74) is 1.19. The topological polar surface area (TPSA) is 110 Å². The number of Topliss-reactive ketones (excluding diaryl/α,β-unsaturated/α-hetero) is 1. The van der Waals surface area contributed by atoms with Gasteiger partial charge >= 0.3 is 5.97 Å². The van der Waals surface area contributed by atoms with Gasteiger partial charge in [0.25, 0.3) is 0 Å². The molecule has 144 valence electrons. The number of ether oxygens (including phenoxy) is 2. The summed E-state index contributed by atoms with van der Waals surface area (Å²) in [5.74, 6) is -2.16. The van der Waals surface area contributed by atoms with Crippen LogP contribution in [-0.2, 0) is 19.1 Å². The molecule has 1 amide bonds. The van der Waals surface area contributed by atoms with Gasteiger partial charge in [0.05, 0.1) is 24.8 Å². The van der Waals surface area contributed by atoms with Gasteiger partial charge in [-0.2, -0.15) is 5.26 Å². The molecule has 28 heavy (non-hydrogen) atoms. The van der Waals surface area contributed by atoms with Gasteiger partial charge < -0.3 is 9.47 Å². The van der Waals surface area contributed by atoms with Gasteiger partial charge in [-0.1, -0.05) is 12.1 Å². The molecule has 1 aliphatic rings. The van der Waals surface area contributed by atoms with Crippen molar-refractivity contribution in [1.82, 2.24) is 4.98 Å². The van der Waals surface area contributed by atoms with Crippen LogP contribution in [0.2, 0.25) is 0 Å². The Morgan fingerprint density at radius 3 is 2.93 bits per heavy atom. The van der Waals surface area contributed by atoms with Gasteiger partial charge in [0.15, 0.2) is 18.3 Å². The van der Waals surface area contributed by atoms with Crippen LogP contribution in [0, 0.1) is 18.3 Å². The number of hydrogen-bond donors (Lipinski definition) is 0. The van der Waals surface area contributed by atoms with E-state index in [1.807, 2.05) is 6.07 Å². The van der Waals surface area contributed by atoms with Gasteiger partial charge in [-0.15, -0.1) is 11.3 Å². The second-order valence-corrected chi connectivity index (χ2v) is 6.95. The first-order chi connectivity index (χ1) is 13.5. The van der Waals surface area contributed by atoms with E-state index in [0.29, 0.717) is 22.1 Å². The maximum absolute atomic E-state index is 12.3. The fraction of sp³-hybridized carbons (Fsp3) is 0.316. The number of esters is 1. The van der Waals surface area contributed by atoms with E-state index in [1.54, 1.807) is 36.6 Å². The molecular weight excluding hydrogens is 382 g/mol. The van der Waals surface area contributed by atoms with Gasteiger partial charge in [-0.25, -0.2) is 4.98 Å². The van der Waals surface area contributed by atoms with E-state index in [-0.39, 0.29) is 25.5 Å². The summed E-state index contributed by atoms with van der Waals surface area (Å²) >= 11 is 1.21. The van der Waals surface area contributed by atoms with Crippen molar-refractivity contribution in [3.05, 3.63) is 40.3 Å². The number of ketones is 1. The molecule has 0 saturated heterocycles. The highest BCUT2D eigenvalue weighted by atomic mass is 32.1. The van der Waals surface area contributed by atoms with Crippen LogP contribution in [0.4, 0.5) is 5.69 Å². The number of aryl methyl sites for hydroxylation is 1. The van der Waals surface area contributed by atoms with E-state index in [1.165, 1.54) is 16.2 Å². The number of thiazole rings is 1. The van der Waals surface area contributed by atoms with Crippen LogP contribution < -0.4 is 9.64 Å². The van der Waals surface area contributed by atoms with E-state index in [9.17, 15) is 19.6 Å². The van der Waals surface area contributed by atoms with Gasteiger partial charge in [0, 0.05) is 11.1 Å². The summed E-state index contributed by atoms with van der Waals surface area (Å²) in [6, 6.07) is 8.78. The van der Waals surface area contributed by atoms with Crippen LogP contribution in [0.25, 0.3) is 0 Å². The average molecular weight is 399 g/mol. The highest BCUT2D eigenvalue weighted by Crippen LogP contribution is 2.30. The Hall–Kier alpha value is -3.25. The molecule has 2 aromatic rings. The first-order valence-electron chi connectivity index (χ1n) is 8.51. The van der Waals surface area contributed by atoms with E-state index in [4.69, 9.17) is 9.47 Å². The maximum atomic E-state index is 12.3. The lowest BCUT2D eigenvalue weighted by atomic mass is 10.1. The normalized spacial score (nSPS) is 14.3. The summed E-state index contributed by atoms with van der Waals surface area (Å²) < 4.78 is 10.5. The summed E-state index contributed by atoms with van der Waals surface area (Å²) in [7, 11) is 0. The molecule has 0 spiro atoms. The Balaban J connectivity index is 1.63. The van der Waals surface area contributed by atoms with E-state index in [2.05, 4.69) is 4.98 Å². The molecule has 1 aromatic carbocycles. The molecule has 0 bridgehead atoms. The summed E-state index contributed by atoms with van der Waals surface area (Å²) in [5, 5.41) is 11.4.